The van der Waals surface area contributed by atoms with Gasteiger partial charge in [-0.1, -0.05) is 12.1 Å². The van der Waals surface area contributed by atoms with Gasteiger partial charge in [0.15, 0.2) is 0 Å². The maximum Gasteiger partial charge on any atom is 0.144 e. The molecule has 0 bridgehead atoms. The Hall–Kier alpha value is -2.54. The molecule has 2 rings (SSSR count). The van der Waals surface area contributed by atoms with Crippen LogP contribution in [0.3, 0.4) is 0 Å². The summed E-state index contributed by atoms with van der Waals surface area (Å²) in [6.45, 7) is 6.15. The lowest BCUT2D eigenvalue weighted by Gasteiger charge is -2.15. The van der Waals surface area contributed by atoms with Gasteiger partial charge in [-0.2, -0.15) is 5.26 Å². The van der Waals surface area contributed by atoms with Crippen LogP contribution in [0.1, 0.15) is 38.3 Å². The van der Waals surface area contributed by atoms with Crippen molar-refractivity contribution >= 4 is 5.82 Å². The maximum absolute atomic E-state index is 9.09. The Bertz CT molecular complexity index is 659. The summed E-state index contributed by atoms with van der Waals surface area (Å²) >= 11 is 0. The van der Waals surface area contributed by atoms with Crippen molar-refractivity contribution in [3.05, 3.63) is 53.7 Å². The second-order valence-electron chi connectivity index (χ2n) is 5.91. The molecular formula is C19H23N3O. The highest BCUT2D eigenvalue weighted by molar-refractivity contribution is 5.51. The molecule has 0 aliphatic heterocycles. The van der Waals surface area contributed by atoms with Crippen molar-refractivity contribution in [2.24, 2.45) is 0 Å². The van der Waals surface area contributed by atoms with Crippen LogP contribution in [0.2, 0.25) is 0 Å². The van der Waals surface area contributed by atoms with Crippen LogP contribution in [0, 0.1) is 11.3 Å². The van der Waals surface area contributed by atoms with Crippen molar-refractivity contribution in [3.63, 3.8) is 0 Å². The number of nitriles is 1. The number of hydrogen-bond acceptors (Lipinski definition) is 4. The molecule has 0 aliphatic rings. The molecule has 0 radical (unpaired) electrons. The van der Waals surface area contributed by atoms with E-state index in [1.807, 2.05) is 26.0 Å². The summed E-state index contributed by atoms with van der Waals surface area (Å²) in [7, 11) is 0. The highest BCUT2D eigenvalue weighted by Gasteiger charge is 2.07. The predicted octanol–water partition coefficient (Wildman–Crippen LogP) is 4.17. The number of benzene rings is 1. The van der Waals surface area contributed by atoms with Crippen LogP contribution in [0.15, 0.2) is 42.6 Å². The molecule has 1 aromatic heterocycles. The highest BCUT2D eigenvalue weighted by Crippen LogP contribution is 2.17. The molecule has 4 nitrogen and oxygen atoms in total. The van der Waals surface area contributed by atoms with Gasteiger partial charge in [0, 0.05) is 12.2 Å². The van der Waals surface area contributed by atoms with Gasteiger partial charge in [0.2, 0.25) is 0 Å². The molecule has 2 aromatic rings. The van der Waals surface area contributed by atoms with Crippen molar-refractivity contribution in [1.82, 2.24) is 4.98 Å². The third-order valence-corrected chi connectivity index (χ3v) is 3.47. The van der Waals surface area contributed by atoms with Crippen molar-refractivity contribution in [1.29, 1.82) is 5.26 Å². The van der Waals surface area contributed by atoms with E-state index in [0.29, 0.717) is 11.4 Å². The fourth-order valence-corrected chi connectivity index (χ4v) is 2.31. The summed E-state index contributed by atoms with van der Waals surface area (Å²) in [6, 6.07) is 14.2. The van der Waals surface area contributed by atoms with Gasteiger partial charge in [0.1, 0.15) is 17.6 Å². The number of rotatable bonds is 7. The Labute approximate surface area is 138 Å². The topological polar surface area (TPSA) is 57.9 Å². The van der Waals surface area contributed by atoms with Gasteiger partial charge in [-0.25, -0.2) is 4.98 Å². The average Bonchev–Trinajstić information content (AvgIpc) is 2.54. The summed E-state index contributed by atoms with van der Waals surface area (Å²) in [5.41, 5.74) is 1.85. The monoisotopic (exact) mass is 309 g/mol. The third kappa shape index (κ3) is 5.30. The Morgan fingerprint density at radius 2 is 1.91 bits per heavy atom. The number of ether oxygens (including phenoxy) is 1. The summed E-state index contributed by atoms with van der Waals surface area (Å²) in [4.78, 5) is 4.23. The van der Waals surface area contributed by atoms with Gasteiger partial charge >= 0.3 is 0 Å². The van der Waals surface area contributed by atoms with Crippen LogP contribution >= 0.6 is 0 Å². The van der Waals surface area contributed by atoms with E-state index in [1.165, 1.54) is 5.56 Å². The van der Waals surface area contributed by atoms with E-state index in [-0.39, 0.29) is 12.1 Å². The fraction of sp³-hybridized carbons (Fsp3) is 0.368. The third-order valence-electron chi connectivity index (χ3n) is 3.47. The van der Waals surface area contributed by atoms with E-state index in [1.54, 1.807) is 18.3 Å². The second kappa shape index (κ2) is 8.19. The second-order valence-corrected chi connectivity index (χ2v) is 5.91. The molecule has 120 valence electrons. The minimum absolute atomic E-state index is 0.192. The van der Waals surface area contributed by atoms with Gasteiger partial charge in [-0.05, 0) is 63.4 Å². The number of nitrogens with zero attached hydrogens (tertiary/aromatic N) is 2. The smallest absolute Gasteiger partial charge is 0.144 e. The molecular weight excluding hydrogens is 286 g/mol. The van der Waals surface area contributed by atoms with Crippen LogP contribution in [0.25, 0.3) is 0 Å². The van der Waals surface area contributed by atoms with Crippen LogP contribution < -0.4 is 10.1 Å². The van der Waals surface area contributed by atoms with Gasteiger partial charge in [0.25, 0.3) is 0 Å². The van der Waals surface area contributed by atoms with Crippen molar-refractivity contribution in [2.75, 3.05) is 5.32 Å². The van der Waals surface area contributed by atoms with Crippen LogP contribution in [-0.2, 0) is 6.42 Å². The number of anilines is 1. The van der Waals surface area contributed by atoms with Crippen molar-refractivity contribution in [3.8, 4) is 11.8 Å². The lowest BCUT2D eigenvalue weighted by atomic mass is 10.1. The fourth-order valence-electron chi connectivity index (χ4n) is 2.31. The molecule has 0 saturated heterocycles. The van der Waals surface area contributed by atoms with Gasteiger partial charge in [-0.3, -0.25) is 0 Å². The lowest BCUT2D eigenvalue weighted by molar-refractivity contribution is 0.242. The van der Waals surface area contributed by atoms with Crippen LogP contribution in [0.4, 0.5) is 5.82 Å². The summed E-state index contributed by atoms with van der Waals surface area (Å²) in [5.74, 6) is 1.56. The zero-order valence-electron chi connectivity index (χ0n) is 13.9. The first kappa shape index (κ1) is 16.8. The zero-order valence-corrected chi connectivity index (χ0v) is 13.9. The van der Waals surface area contributed by atoms with Gasteiger partial charge in [0.05, 0.1) is 11.7 Å². The Balaban J connectivity index is 1.87. The van der Waals surface area contributed by atoms with Gasteiger partial charge in [-0.15, -0.1) is 0 Å². The summed E-state index contributed by atoms with van der Waals surface area (Å²) < 4.78 is 5.65. The number of hydrogen-bond donors (Lipinski definition) is 1. The zero-order chi connectivity index (χ0) is 16.7. The molecule has 0 spiro atoms. The molecule has 4 heteroatoms. The molecule has 0 amide bonds. The Kier molecular flexibility index (Phi) is 5.99. The quantitative estimate of drug-likeness (QED) is 0.834. The number of pyridine rings is 1. The van der Waals surface area contributed by atoms with Crippen molar-refractivity contribution in [2.45, 2.75) is 45.8 Å². The molecule has 1 N–H and O–H groups in total. The van der Waals surface area contributed by atoms with E-state index < -0.39 is 0 Å². The summed E-state index contributed by atoms with van der Waals surface area (Å²) in [5, 5.41) is 12.4. The van der Waals surface area contributed by atoms with Gasteiger partial charge < -0.3 is 10.1 Å². The van der Waals surface area contributed by atoms with E-state index in [9.17, 15) is 0 Å². The molecule has 1 aromatic carbocycles. The minimum Gasteiger partial charge on any atom is -0.491 e. The normalized spacial score (nSPS) is 11.8. The lowest BCUT2D eigenvalue weighted by Crippen LogP contribution is -2.17. The molecule has 1 heterocycles. The van der Waals surface area contributed by atoms with Crippen LogP contribution in [-0.4, -0.2) is 17.1 Å². The van der Waals surface area contributed by atoms with Crippen molar-refractivity contribution < 1.29 is 4.74 Å². The first-order valence-electron chi connectivity index (χ1n) is 7.95. The predicted molar refractivity (Wildman–Crippen MR) is 92.6 cm³/mol. The van der Waals surface area contributed by atoms with Crippen LogP contribution in [0.5, 0.6) is 5.75 Å². The highest BCUT2D eigenvalue weighted by atomic mass is 16.5. The van der Waals surface area contributed by atoms with E-state index >= 15 is 0 Å². The number of nitrogens with one attached hydrogen (secondary N) is 1. The van der Waals surface area contributed by atoms with E-state index in [4.69, 9.17) is 10.00 Å². The molecule has 1 atom stereocenters. The first-order chi connectivity index (χ1) is 11.1. The maximum atomic E-state index is 9.09. The summed E-state index contributed by atoms with van der Waals surface area (Å²) in [6.07, 6.45) is 3.82. The Morgan fingerprint density at radius 3 is 2.57 bits per heavy atom. The van der Waals surface area contributed by atoms with E-state index in [2.05, 4.69) is 35.4 Å². The average molecular weight is 309 g/mol. The molecule has 0 aliphatic carbocycles. The standard InChI is InChI=1S/C19H23N3O/c1-14(2)23-18-10-8-16(9-11-18)7-6-15(3)22-19-17(13-20)5-4-12-21-19/h4-5,8-12,14-15H,6-7H2,1-3H3,(H,21,22). The minimum atomic E-state index is 0.192. The Morgan fingerprint density at radius 1 is 1.17 bits per heavy atom. The first-order valence-corrected chi connectivity index (χ1v) is 7.95. The van der Waals surface area contributed by atoms with E-state index in [0.717, 1.165) is 18.6 Å². The largest absolute Gasteiger partial charge is 0.491 e. The molecule has 0 fully saturated rings. The number of aromatic nitrogens is 1. The molecule has 23 heavy (non-hydrogen) atoms. The number of aryl methyl sites for hydroxylation is 1. The molecule has 0 saturated carbocycles. The molecule has 1 unspecified atom stereocenters. The SMILES string of the molecule is CC(CCc1ccc(OC(C)C)cc1)Nc1ncccc1C#N.